The molecule has 0 spiro atoms. The molecule has 0 aromatic heterocycles. The summed E-state index contributed by atoms with van der Waals surface area (Å²) >= 11 is 0. The zero-order valence-electron chi connectivity index (χ0n) is 10.1. The standard InChI is InChI=1S/C12H18O6/c13-11(1-7-3-15-7)5-17-10-9(11)18-6-12(10,14)2-8-4-16-8/h7-10,13-14H,1-6H2/t7?,8?,9-,10-,11-,12+/m0/s1. The van der Waals surface area contributed by atoms with E-state index in [4.69, 9.17) is 18.9 Å². The van der Waals surface area contributed by atoms with Crippen LogP contribution in [0.15, 0.2) is 0 Å². The van der Waals surface area contributed by atoms with Crippen LogP contribution in [-0.2, 0) is 18.9 Å². The molecular formula is C12H18O6. The second kappa shape index (κ2) is 3.65. The van der Waals surface area contributed by atoms with Crippen molar-refractivity contribution in [2.75, 3.05) is 26.4 Å². The van der Waals surface area contributed by atoms with Crippen LogP contribution in [0, 0.1) is 0 Å². The van der Waals surface area contributed by atoms with Gasteiger partial charge in [0.2, 0.25) is 0 Å². The molecule has 6 nitrogen and oxygen atoms in total. The highest BCUT2D eigenvalue weighted by atomic mass is 16.6. The molecule has 0 amide bonds. The number of aliphatic hydroxyl groups is 2. The molecule has 2 unspecified atom stereocenters. The maximum atomic E-state index is 10.6. The minimum atomic E-state index is -1.03. The first-order valence-corrected chi connectivity index (χ1v) is 6.50. The van der Waals surface area contributed by atoms with Crippen LogP contribution in [0.5, 0.6) is 0 Å². The van der Waals surface area contributed by atoms with Gasteiger partial charge in [-0.25, -0.2) is 0 Å². The van der Waals surface area contributed by atoms with Crippen molar-refractivity contribution in [1.82, 2.24) is 0 Å². The third kappa shape index (κ3) is 1.79. The van der Waals surface area contributed by atoms with E-state index in [0.29, 0.717) is 26.1 Å². The Kier molecular flexibility index (Phi) is 2.35. The predicted octanol–water partition coefficient (Wildman–Crippen LogP) is -1.18. The van der Waals surface area contributed by atoms with Crippen LogP contribution in [0.2, 0.25) is 0 Å². The zero-order chi connectivity index (χ0) is 12.4. The fourth-order valence-corrected chi connectivity index (χ4v) is 3.19. The Bertz CT molecular complexity index is 320. The van der Waals surface area contributed by atoms with Gasteiger partial charge in [0.05, 0.1) is 38.6 Å². The maximum absolute atomic E-state index is 10.6. The molecule has 4 heterocycles. The third-order valence-electron chi connectivity index (χ3n) is 4.33. The number of epoxide rings is 2. The summed E-state index contributed by atoms with van der Waals surface area (Å²) in [4.78, 5) is 0. The molecular weight excluding hydrogens is 240 g/mol. The van der Waals surface area contributed by atoms with Crippen molar-refractivity contribution in [1.29, 1.82) is 0 Å². The highest BCUT2D eigenvalue weighted by Crippen LogP contribution is 2.45. The number of rotatable bonds is 4. The van der Waals surface area contributed by atoms with Gasteiger partial charge in [-0.15, -0.1) is 0 Å². The van der Waals surface area contributed by atoms with Crippen LogP contribution in [0.1, 0.15) is 12.8 Å². The highest BCUT2D eigenvalue weighted by molar-refractivity contribution is 5.12. The molecule has 4 rings (SSSR count). The van der Waals surface area contributed by atoms with Crippen LogP contribution < -0.4 is 0 Å². The smallest absolute Gasteiger partial charge is 0.119 e. The van der Waals surface area contributed by atoms with Gasteiger partial charge in [0, 0.05) is 12.8 Å². The Hall–Kier alpha value is -0.240. The lowest BCUT2D eigenvalue weighted by atomic mass is 9.85. The van der Waals surface area contributed by atoms with Crippen molar-refractivity contribution in [3.05, 3.63) is 0 Å². The topological polar surface area (TPSA) is 84.0 Å². The van der Waals surface area contributed by atoms with Gasteiger partial charge in [-0.05, 0) is 0 Å². The highest BCUT2D eigenvalue weighted by Gasteiger charge is 2.63. The van der Waals surface area contributed by atoms with Crippen molar-refractivity contribution in [2.45, 2.75) is 48.5 Å². The summed E-state index contributed by atoms with van der Waals surface area (Å²) in [6, 6.07) is 0. The van der Waals surface area contributed by atoms with Crippen molar-refractivity contribution in [3.63, 3.8) is 0 Å². The number of hydrogen-bond acceptors (Lipinski definition) is 6. The minimum absolute atomic E-state index is 0.112. The van der Waals surface area contributed by atoms with Crippen LogP contribution >= 0.6 is 0 Å². The third-order valence-corrected chi connectivity index (χ3v) is 4.33. The Morgan fingerprint density at radius 1 is 0.778 bits per heavy atom. The monoisotopic (exact) mass is 258 g/mol. The van der Waals surface area contributed by atoms with E-state index in [-0.39, 0.29) is 25.4 Å². The van der Waals surface area contributed by atoms with Gasteiger partial charge in [-0.3, -0.25) is 0 Å². The Balaban J connectivity index is 1.50. The van der Waals surface area contributed by atoms with Gasteiger partial charge < -0.3 is 29.2 Å². The molecule has 102 valence electrons. The average molecular weight is 258 g/mol. The lowest BCUT2D eigenvalue weighted by molar-refractivity contribution is -0.0971. The summed E-state index contributed by atoms with van der Waals surface area (Å²) in [5.74, 6) is 0. The van der Waals surface area contributed by atoms with E-state index >= 15 is 0 Å². The van der Waals surface area contributed by atoms with Gasteiger partial charge in [-0.2, -0.15) is 0 Å². The summed E-state index contributed by atoms with van der Waals surface area (Å²) in [5, 5.41) is 21.2. The van der Waals surface area contributed by atoms with E-state index < -0.39 is 23.4 Å². The first-order chi connectivity index (χ1) is 8.59. The minimum Gasteiger partial charge on any atom is -0.385 e. The van der Waals surface area contributed by atoms with Gasteiger partial charge >= 0.3 is 0 Å². The molecule has 2 N–H and O–H groups in total. The van der Waals surface area contributed by atoms with Gasteiger partial charge in [0.1, 0.15) is 23.4 Å². The molecule has 4 fully saturated rings. The van der Waals surface area contributed by atoms with Crippen LogP contribution in [0.4, 0.5) is 0 Å². The lowest BCUT2D eigenvalue weighted by Gasteiger charge is -2.27. The molecule has 4 saturated heterocycles. The fourth-order valence-electron chi connectivity index (χ4n) is 3.19. The summed E-state index contributed by atoms with van der Waals surface area (Å²) in [5.41, 5.74) is -2.05. The van der Waals surface area contributed by atoms with Gasteiger partial charge in [0.25, 0.3) is 0 Å². The van der Waals surface area contributed by atoms with E-state index in [1.54, 1.807) is 0 Å². The van der Waals surface area contributed by atoms with Crippen LogP contribution in [0.3, 0.4) is 0 Å². The van der Waals surface area contributed by atoms with E-state index in [1.165, 1.54) is 0 Å². The second-order valence-electron chi connectivity index (χ2n) is 5.99. The predicted molar refractivity (Wildman–Crippen MR) is 58.1 cm³/mol. The zero-order valence-corrected chi connectivity index (χ0v) is 10.1. The number of hydrogen-bond donors (Lipinski definition) is 2. The lowest BCUT2D eigenvalue weighted by Crippen LogP contribution is -2.48. The first kappa shape index (κ1) is 11.6. The van der Waals surface area contributed by atoms with E-state index in [0.717, 1.165) is 0 Å². The van der Waals surface area contributed by atoms with E-state index in [2.05, 4.69) is 0 Å². The number of ether oxygens (including phenoxy) is 4. The molecule has 18 heavy (non-hydrogen) atoms. The van der Waals surface area contributed by atoms with Crippen molar-refractivity contribution < 1.29 is 29.2 Å². The van der Waals surface area contributed by atoms with Gasteiger partial charge in [-0.1, -0.05) is 0 Å². The maximum Gasteiger partial charge on any atom is 0.119 e. The van der Waals surface area contributed by atoms with Crippen LogP contribution in [-0.4, -0.2) is 72.3 Å². The van der Waals surface area contributed by atoms with Crippen molar-refractivity contribution in [3.8, 4) is 0 Å². The number of fused-ring (bicyclic) bond motifs is 1. The molecule has 0 aliphatic carbocycles. The van der Waals surface area contributed by atoms with E-state index in [9.17, 15) is 10.2 Å². The van der Waals surface area contributed by atoms with Crippen molar-refractivity contribution >= 4 is 0 Å². The molecule has 6 heteroatoms. The van der Waals surface area contributed by atoms with Crippen molar-refractivity contribution in [2.24, 2.45) is 0 Å². The fraction of sp³-hybridized carbons (Fsp3) is 1.00. The molecule has 4 aliphatic rings. The Morgan fingerprint density at radius 3 is 1.50 bits per heavy atom. The molecule has 4 aliphatic heterocycles. The summed E-state index contributed by atoms with van der Waals surface area (Å²) in [7, 11) is 0. The summed E-state index contributed by atoms with van der Waals surface area (Å²) in [6.45, 7) is 1.80. The first-order valence-electron chi connectivity index (χ1n) is 6.50. The summed E-state index contributed by atoms with van der Waals surface area (Å²) in [6.07, 6.45) is 0.354. The molecule has 0 aromatic rings. The molecule has 6 atom stereocenters. The van der Waals surface area contributed by atoms with Gasteiger partial charge in [0.15, 0.2) is 0 Å². The summed E-state index contributed by atoms with van der Waals surface area (Å²) < 4.78 is 21.6. The largest absolute Gasteiger partial charge is 0.385 e. The average Bonchev–Trinajstić information content (AvgIpc) is 3.20. The van der Waals surface area contributed by atoms with E-state index in [1.807, 2.05) is 0 Å². The Labute approximate surface area is 105 Å². The SMILES string of the molecule is O[C@@]1(CC2CO2)CO[C@H]2[C@@H]1OC[C@]2(O)CC1CO1. The molecule has 0 radical (unpaired) electrons. The molecule has 0 aromatic carbocycles. The quantitative estimate of drug-likeness (QED) is 0.618. The molecule has 0 saturated carbocycles. The Morgan fingerprint density at radius 2 is 1.17 bits per heavy atom. The molecule has 0 bridgehead atoms. The van der Waals surface area contributed by atoms with Crippen LogP contribution in [0.25, 0.3) is 0 Å². The second-order valence-corrected chi connectivity index (χ2v) is 5.99. The normalized spacial score (nSPS) is 57.7.